The van der Waals surface area contributed by atoms with E-state index in [2.05, 4.69) is 19.2 Å². The Balaban J connectivity index is 2.04. The monoisotopic (exact) mass is 297 g/mol. The van der Waals surface area contributed by atoms with Crippen LogP contribution in [-0.2, 0) is 4.79 Å². The van der Waals surface area contributed by atoms with Gasteiger partial charge in [-0.05, 0) is 24.5 Å². The van der Waals surface area contributed by atoms with Crippen LogP contribution in [-0.4, -0.2) is 18.6 Å². The molecule has 3 nitrogen and oxygen atoms in total. The lowest BCUT2D eigenvalue weighted by Gasteiger charge is -2.18. The highest BCUT2D eigenvalue weighted by molar-refractivity contribution is 5.78. The molecule has 1 N–H and O–H groups in total. The molecule has 0 aliphatic carbocycles. The Morgan fingerprint density at radius 3 is 2.32 bits per heavy atom. The van der Waals surface area contributed by atoms with Gasteiger partial charge in [-0.15, -0.1) is 0 Å². The lowest BCUT2D eigenvalue weighted by atomic mass is 10.1. The molecular weight excluding hydrogens is 274 g/mol. The normalized spacial score (nSPS) is 12.0. The molecular formula is C19H23NO2. The molecule has 0 aromatic heterocycles. The van der Waals surface area contributed by atoms with E-state index < -0.39 is 0 Å². The first-order valence-electron chi connectivity index (χ1n) is 7.64. The SMILES string of the molecule is CC(C)[C@H](C)NC(=O)COc1ccccc1-c1ccccc1. The Hall–Kier alpha value is -2.29. The molecule has 116 valence electrons. The summed E-state index contributed by atoms with van der Waals surface area (Å²) >= 11 is 0. The van der Waals surface area contributed by atoms with E-state index in [1.165, 1.54) is 0 Å². The number of para-hydroxylation sites is 1. The Bertz CT molecular complexity index is 608. The summed E-state index contributed by atoms with van der Waals surface area (Å²) in [5.41, 5.74) is 2.07. The molecule has 0 fully saturated rings. The standard InChI is InChI=1S/C19H23NO2/c1-14(2)15(3)20-19(21)13-22-18-12-8-7-11-17(18)16-9-5-4-6-10-16/h4-12,14-15H,13H2,1-3H3,(H,20,21)/t15-/m0/s1. The quantitative estimate of drug-likeness (QED) is 0.878. The van der Waals surface area contributed by atoms with Gasteiger partial charge in [0.05, 0.1) is 0 Å². The van der Waals surface area contributed by atoms with Crippen LogP contribution >= 0.6 is 0 Å². The van der Waals surface area contributed by atoms with Crippen molar-refractivity contribution in [2.24, 2.45) is 5.92 Å². The summed E-state index contributed by atoms with van der Waals surface area (Å²) in [4.78, 5) is 11.9. The number of nitrogens with one attached hydrogen (secondary N) is 1. The fraction of sp³-hybridized carbons (Fsp3) is 0.316. The summed E-state index contributed by atoms with van der Waals surface area (Å²) in [5, 5.41) is 2.94. The first kappa shape index (κ1) is 16.1. The van der Waals surface area contributed by atoms with Gasteiger partial charge in [0, 0.05) is 11.6 Å². The van der Waals surface area contributed by atoms with Gasteiger partial charge in [-0.3, -0.25) is 4.79 Å². The fourth-order valence-electron chi connectivity index (χ4n) is 2.05. The van der Waals surface area contributed by atoms with Gasteiger partial charge in [0.15, 0.2) is 6.61 Å². The molecule has 0 aliphatic rings. The van der Waals surface area contributed by atoms with Crippen molar-refractivity contribution < 1.29 is 9.53 Å². The Morgan fingerprint density at radius 2 is 1.64 bits per heavy atom. The molecule has 2 rings (SSSR count). The second kappa shape index (κ2) is 7.64. The smallest absolute Gasteiger partial charge is 0.258 e. The van der Waals surface area contributed by atoms with Crippen molar-refractivity contribution in [1.82, 2.24) is 5.32 Å². The summed E-state index contributed by atoms with van der Waals surface area (Å²) in [7, 11) is 0. The number of benzene rings is 2. The molecule has 0 aliphatic heterocycles. The lowest BCUT2D eigenvalue weighted by Crippen LogP contribution is -2.38. The van der Waals surface area contributed by atoms with Crippen LogP contribution < -0.4 is 10.1 Å². The van der Waals surface area contributed by atoms with E-state index >= 15 is 0 Å². The van der Waals surface area contributed by atoms with Crippen molar-refractivity contribution >= 4 is 5.91 Å². The molecule has 3 heteroatoms. The number of rotatable bonds is 6. The minimum atomic E-state index is -0.0935. The van der Waals surface area contributed by atoms with E-state index in [-0.39, 0.29) is 18.6 Å². The average molecular weight is 297 g/mol. The Labute approximate surface area is 132 Å². The van der Waals surface area contributed by atoms with E-state index in [1.807, 2.05) is 61.5 Å². The molecule has 0 unspecified atom stereocenters. The zero-order valence-electron chi connectivity index (χ0n) is 13.4. The van der Waals surface area contributed by atoms with Crippen molar-refractivity contribution in [1.29, 1.82) is 0 Å². The van der Waals surface area contributed by atoms with E-state index in [1.54, 1.807) is 0 Å². The highest BCUT2D eigenvalue weighted by atomic mass is 16.5. The maximum atomic E-state index is 11.9. The van der Waals surface area contributed by atoms with Crippen molar-refractivity contribution in [2.45, 2.75) is 26.8 Å². The first-order valence-corrected chi connectivity index (χ1v) is 7.64. The van der Waals surface area contributed by atoms with Crippen molar-refractivity contribution in [3.05, 3.63) is 54.6 Å². The van der Waals surface area contributed by atoms with Crippen LogP contribution in [0.15, 0.2) is 54.6 Å². The van der Waals surface area contributed by atoms with Crippen molar-refractivity contribution in [3.8, 4) is 16.9 Å². The molecule has 0 radical (unpaired) electrons. The van der Waals surface area contributed by atoms with Crippen LogP contribution in [0.2, 0.25) is 0 Å². The Morgan fingerprint density at radius 1 is 1.00 bits per heavy atom. The zero-order chi connectivity index (χ0) is 15.9. The summed E-state index contributed by atoms with van der Waals surface area (Å²) in [6, 6.07) is 17.9. The molecule has 0 heterocycles. The number of amides is 1. The molecule has 0 bridgehead atoms. The van der Waals surface area contributed by atoms with Crippen LogP contribution in [0, 0.1) is 5.92 Å². The third kappa shape index (κ3) is 4.35. The maximum absolute atomic E-state index is 11.9. The number of ether oxygens (including phenoxy) is 1. The Kier molecular flexibility index (Phi) is 5.59. The van der Waals surface area contributed by atoms with E-state index in [9.17, 15) is 4.79 Å². The van der Waals surface area contributed by atoms with Gasteiger partial charge in [0.25, 0.3) is 5.91 Å². The minimum absolute atomic E-state index is 0.0287. The highest BCUT2D eigenvalue weighted by Gasteiger charge is 2.12. The predicted octanol–water partition coefficient (Wildman–Crippen LogP) is 3.89. The topological polar surface area (TPSA) is 38.3 Å². The molecule has 0 spiro atoms. The maximum Gasteiger partial charge on any atom is 0.258 e. The van der Waals surface area contributed by atoms with Gasteiger partial charge in [0.1, 0.15) is 5.75 Å². The van der Waals surface area contributed by atoms with E-state index in [0.29, 0.717) is 5.92 Å². The second-order valence-electron chi connectivity index (χ2n) is 5.75. The molecule has 1 atom stereocenters. The number of hydrogen-bond acceptors (Lipinski definition) is 2. The van der Waals surface area contributed by atoms with Gasteiger partial charge in [0.2, 0.25) is 0 Å². The molecule has 1 amide bonds. The van der Waals surface area contributed by atoms with Crippen molar-refractivity contribution in [3.63, 3.8) is 0 Å². The third-order valence-corrected chi connectivity index (χ3v) is 3.72. The highest BCUT2D eigenvalue weighted by Crippen LogP contribution is 2.29. The molecule has 2 aromatic rings. The van der Waals surface area contributed by atoms with Gasteiger partial charge < -0.3 is 10.1 Å². The minimum Gasteiger partial charge on any atom is -0.483 e. The summed E-state index contributed by atoms with van der Waals surface area (Å²) in [6.45, 7) is 6.19. The van der Waals surface area contributed by atoms with E-state index in [4.69, 9.17) is 4.74 Å². The van der Waals surface area contributed by atoms with E-state index in [0.717, 1.165) is 16.9 Å². The van der Waals surface area contributed by atoms with Crippen LogP contribution in [0.4, 0.5) is 0 Å². The summed E-state index contributed by atoms with van der Waals surface area (Å²) < 4.78 is 5.72. The lowest BCUT2D eigenvalue weighted by molar-refractivity contribution is -0.123. The first-order chi connectivity index (χ1) is 10.6. The number of hydrogen-bond donors (Lipinski definition) is 1. The zero-order valence-corrected chi connectivity index (χ0v) is 13.4. The van der Waals surface area contributed by atoms with Gasteiger partial charge in [-0.1, -0.05) is 62.4 Å². The predicted molar refractivity (Wildman–Crippen MR) is 89.8 cm³/mol. The van der Waals surface area contributed by atoms with Crippen LogP contribution in [0.25, 0.3) is 11.1 Å². The second-order valence-corrected chi connectivity index (χ2v) is 5.75. The number of carbonyl (C=O) groups excluding carboxylic acids is 1. The third-order valence-electron chi connectivity index (χ3n) is 3.72. The van der Waals surface area contributed by atoms with Gasteiger partial charge in [-0.2, -0.15) is 0 Å². The van der Waals surface area contributed by atoms with Crippen LogP contribution in [0.5, 0.6) is 5.75 Å². The molecule has 2 aromatic carbocycles. The molecule has 0 saturated heterocycles. The van der Waals surface area contributed by atoms with Crippen LogP contribution in [0.3, 0.4) is 0 Å². The van der Waals surface area contributed by atoms with Crippen LogP contribution in [0.1, 0.15) is 20.8 Å². The van der Waals surface area contributed by atoms with Crippen molar-refractivity contribution in [2.75, 3.05) is 6.61 Å². The summed E-state index contributed by atoms with van der Waals surface area (Å²) in [6.07, 6.45) is 0. The summed E-state index contributed by atoms with van der Waals surface area (Å²) in [5.74, 6) is 1.03. The van der Waals surface area contributed by atoms with Gasteiger partial charge in [-0.25, -0.2) is 0 Å². The van der Waals surface area contributed by atoms with Gasteiger partial charge >= 0.3 is 0 Å². The molecule has 0 saturated carbocycles. The number of carbonyl (C=O) groups is 1. The average Bonchev–Trinajstić information content (AvgIpc) is 2.54. The largest absolute Gasteiger partial charge is 0.483 e. The molecule has 22 heavy (non-hydrogen) atoms. The fourth-order valence-corrected chi connectivity index (χ4v) is 2.05.